The fraction of sp³-hybridized carbons (Fsp3) is 0.643. The van der Waals surface area contributed by atoms with Crippen LogP contribution in [-0.4, -0.2) is 43.5 Å². The molecule has 1 aliphatic rings. The minimum atomic E-state index is -0.938. The Labute approximate surface area is 123 Å². The molecule has 0 aromatic carbocycles. The number of rotatable bonds is 3. The molecule has 1 saturated heterocycles. The van der Waals surface area contributed by atoms with Crippen molar-refractivity contribution in [2.45, 2.75) is 44.8 Å². The zero-order chi connectivity index (χ0) is 15.1. The van der Waals surface area contributed by atoms with E-state index in [1.54, 1.807) is 12.4 Å². The van der Waals surface area contributed by atoms with E-state index in [9.17, 15) is 5.11 Å². The Morgan fingerprint density at radius 1 is 1.43 bits per heavy atom. The summed E-state index contributed by atoms with van der Waals surface area (Å²) in [4.78, 5) is 6.45. The summed E-state index contributed by atoms with van der Waals surface area (Å²) in [5.74, 6) is 1.56. The Balaban J connectivity index is 1.66. The number of likely N-dealkylation sites (tertiary alicyclic amines) is 1. The van der Waals surface area contributed by atoms with E-state index in [1.807, 2.05) is 0 Å². The molecule has 21 heavy (non-hydrogen) atoms. The third-order valence-corrected chi connectivity index (χ3v) is 3.87. The summed E-state index contributed by atoms with van der Waals surface area (Å²) in [7, 11) is 0. The molecule has 0 amide bonds. The van der Waals surface area contributed by atoms with Crippen molar-refractivity contribution in [2.75, 3.05) is 13.1 Å². The standard InChI is InChI=1S/C14H21N5O2/c1-13(2,3)11-7-15-12(21-11)8-19-5-4-14(20,9-19)10-6-16-18-17-10/h6-7,20H,4-5,8-9H2,1-3H3,(H,16,17,18). The van der Waals surface area contributed by atoms with Crippen molar-refractivity contribution in [1.82, 2.24) is 25.3 Å². The fourth-order valence-corrected chi connectivity index (χ4v) is 2.56. The van der Waals surface area contributed by atoms with E-state index in [4.69, 9.17) is 4.42 Å². The van der Waals surface area contributed by atoms with Crippen LogP contribution in [0.2, 0.25) is 0 Å². The van der Waals surface area contributed by atoms with Crippen LogP contribution in [0.3, 0.4) is 0 Å². The van der Waals surface area contributed by atoms with Crippen molar-refractivity contribution in [3.63, 3.8) is 0 Å². The van der Waals surface area contributed by atoms with E-state index in [0.717, 1.165) is 12.3 Å². The summed E-state index contributed by atoms with van der Waals surface area (Å²) in [6.07, 6.45) is 3.99. The summed E-state index contributed by atoms with van der Waals surface area (Å²) in [5.41, 5.74) is -0.391. The molecular weight excluding hydrogens is 270 g/mol. The van der Waals surface area contributed by atoms with Gasteiger partial charge in [-0.15, -0.1) is 0 Å². The van der Waals surface area contributed by atoms with Crippen molar-refractivity contribution < 1.29 is 9.52 Å². The number of aliphatic hydroxyl groups is 1. The largest absolute Gasteiger partial charge is 0.444 e. The number of H-pyrrole nitrogens is 1. The van der Waals surface area contributed by atoms with Crippen LogP contribution in [0.4, 0.5) is 0 Å². The average Bonchev–Trinajstić information content (AvgIpc) is 3.09. The molecule has 3 heterocycles. The van der Waals surface area contributed by atoms with Gasteiger partial charge in [0.2, 0.25) is 5.89 Å². The minimum Gasteiger partial charge on any atom is -0.444 e. The van der Waals surface area contributed by atoms with E-state index in [1.165, 1.54) is 0 Å². The van der Waals surface area contributed by atoms with Crippen LogP contribution >= 0.6 is 0 Å². The molecule has 2 aromatic heterocycles. The third-order valence-electron chi connectivity index (χ3n) is 3.87. The first-order chi connectivity index (χ1) is 9.87. The maximum atomic E-state index is 10.6. The molecular formula is C14H21N5O2. The van der Waals surface area contributed by atoms with Crippen LogP contribution in [0, 0.1) is 0 Å². The summed E-state index contributed by atoms with van der Waals surface area (Å²) in [6, 6.07) is 0. The lowest BCUT2D eigenvalue weighted by molar-refractivity contribution is 0.0399. The molecule has 0 radical (unpaired) electrons. The highest BCUT2D eigenvalue weighted by molar-refractivity contribution is 5.11. The first-order valence-corrected chi connectivity index (χ1v) is 7.13. The minimum absolute atomic E-state index is 0.0439. The molecule has 0 spiro atoms. The van der Waals surface area contributed by atoms with Gasteiger partial charge >= 0.3 is 0 Å². The Bertz CT molecular complexity index is 601. The topological polar surface area (TPSA) is 91.1 Å². The van der Waals surface area contributed by atoms with Gasteiger partial charge in [-0.2, -0.15) is 15.4 Å². The second-order valence-corrected chi connectivity index (χ2v) is 6.72. The number of nitrogens with one attached hydrogen (secondary N) is 1. The molecule has 0 bridgehead atoms. The Morgan fingerprint density at radius 3 is 2.86 bits per heavy atom. The predicted octanol–water partition coefficient (Wildman–Crippen LogP) is 1.18. The number of aromatic nitrogens is 4. The van der Waals surface area contributed by atoms with E-state index < -0.39 is 5.60 Å². The Kier molecular flexibility index (Phi) is 3.33. The Morgan fingerprint density at radius 2 is 2.24 bits per heavy atom. The highest BCUT2D eigenvalue weighted by Gasteiger charge is 2.40. The van der Waals surface area contributed by atoms with Gasteiger partial charge in [0.25, 0.3) is 0 Å². The van der Waals surface area contributed by atoms with Crippen LogP contribution in [0.1, 0.15) is 44.5 Å². The Hall–Kier alpha value is -1.73. The first kappa shape index (κ1) is 14.2. The molecule has 7 heteroatoms. The molecule has 2 aromatic rings. The zero-order valence-corrected chi connectivity index (χ0v) is 12.6. The fourth-order valence-electron chi connectivity index (χ4n) is 2.56. The molecule has 3 rings (SSSR count). The molecule has 7 nitrogen and oxygen atoms in total. The molecule has 1 unspecified atom stereocenters. The van der Waals surface area contributed by atoms with Crippen molar-refractivity contribution in [3.05, 3.63) is 29.7 Å². The number of oxazole rings is 1. The second-order valence-electron chi connectivity index (χ2n) is 6.72. The molecule has 1 aliphatic heterocycles. The predicted molar refractivity (Wildman–Crippen MR) is 75.4 cm³/mol. The van der Waals surface area contributed by atoms with Crippen molar-refractivity contribution in [2.24, 2.45) is 0 Å². The molecule has 114 valence electrons. The van der Waals surface area contributed by atoms with Gasteiger partial charge in [0.15, 0.2) is 0 Å². The molecule has 1 atom stereocenters. The summed E-state index contributed by atoms with van der Waals surface area (Å²) in [6.45, 7) is 8.16. The lowest BCUT2D eigenvalue weighted by atomic mass is 9.94. The van der Waals surface area contributed by atoms with Gasteiger partial charge in [-0.1, -0.05) is 20.8 Å². The maximum absolute atomic E-state index is 10.6. The zero-order valence-electron chi connectivity index (χ0n) is 12.6. The highest BCUT2D eigenvalue weighted by Crippen LogP contribution is 2.31. The van der Waals surface area contributed by atoms with Crippen LogP contribution in [0.5, 0.6) is 0 Å². The lowest BCUT2D eigenvalue weighted by Crippen LogP contribution is -2.31. The smallest absolute Gasteiger partial charge is 0.208 e. The first-order valence-electron chi connectivity index (χ1n) is 7.13. The number of aromatic amines is 1. The molecule has 1 fully saturated rings. The molecule has 2 N–H and O–H groups in total. The van der Waals surface area contributed by atoms with Crippen LogP contribution in [0.25, 0.3) is 0 Å². The van der Waals surface area contributed by atoms with Crippen molar-refractivity contribution in [1.29, 1.82) is 0 Å². The summed E-state index contributed by atoms with van der Waals surface area (Å²) >= 11 is 0. The van der Waals surface area contributed by atoms with Crippen LogP contribution < -0.4 is 0 Å². The normalized spacial score (nSPS) is 23.8. The van der Waals surface area contributed by atoms with Gasteiger partial charge in [-0.25, -0.2) is 4.98 Å². The van der Waals surface area contributed by atoms with Gasteiger partial charge in [0.1, 0.15) is 17.1 Å². The van der Waals surface area contributed by atoms with Crippen LogP contribution in [-0.2, 0) is 17.6 Å². The van der Waals surface area contributed by atoms with Gasteiger partial charge in [-0.3, -0.25) is 4.90 Å². The quantitative estimate of drug-likeness (QED) is 0.882. The van der Waals surface area contributed by atoms with Crippen LogP contribution in [0.15, 0.2) is 16.8 Å². The maximum Gasteiger partial charge on any atom is 0.208 e. The molecule has 0 aliphatic carbocycles. The third kappa shape index (κ3) is 2.84. The van der Waals surface area contributed by atoms with Gasteiger partial charge in [0.05, 0.1) is 18.9 Å². The summed E-state index contributed by atoms with van der Waals surface area (Å²) < 4.78 is 5.80. The van der Waals surface area contributed by atoms with Crippen molar-refractivity contribution in [3.8, 4) is 0 Å². The van der Waals surface area contributed by atoms with E-state index >= 15 is 0 Å². The van der Waals surface area contributed by atoms with E-state index in [2.05, 4.69) is 46.1 Å². The van der Waals surface area contributed by atoms with Gasteiger partial charge in [-0.05, 0) is 6.42 Å². The number of hydrogen-bond acceptors (Lipinski definition) is 6. The average molecular weight is 291 g/mol. The molecule has 0 saturated carbocycles. The lowest BCUT2D eigenvalue weighted by Gasteiger charge is -2.20. The number of hydrogen-bond donors (Lipinski definition) is 2. The SMILES string of the molecule is CC(C)(C)c1cnc(CN2CCC(O)(c3cn[nH]n3)C2)o1. The monoisotopic (exact) mass is 291 g/mol. The highest BCUT2D eigenvalue weighted by atomic mass is 16.4. The van der Waals surface area contributed by atoms with E-state index in [0.29, 0.717) is 31.1 Å². The number of nitrogens with zero attached hydrogens (tertiary/aromatic N) is 4. The van der Waals surface area contributed by atoms with Gasteiger partial charge in [0, 0.05) is 18.5 Å². The van der Waals surface area contributed by atoms with E-state index in [-0.39, 0.29) is 5.41 Å². The summed E-state index contributed by atoms with van der Waals surface area (Å²) in [5, 5.41) is 20.9. The van der Waals surface area contributed by atoms with Gasteiger partial charge < -0.3 is 9.52 Å². The van der Waals surface area contributed by atoms with Crippen molar-refractivity contribution >= 4 is 0 Å². The second kappa shape index (κ2) is 4.92. The number of β-amino-alcohol motifs (C(OH)–C–C–N with tert-alkyl or cyclic N) is 1.